The lowest BCUT2D eigenvalue weighted by molar-refractivity contribution is -0.524. The number of esters is 1. The fourth-order valence-corrected chi connectivity index (χ4v) is 4.40. The van der Waals surface area contributed by atoms with E-state index < -0.39 is 12.0 Å². The summed E-state index contributed by atoms with van der Waals surface area (Å²) in [6.07, 6.45) is 3.09. The van der Waals surface area contributed by atoms with Crippen LogP contribution < -0.4 is 0 Å². The molecule has 6 atom stereocenters. The highest BCUT2D eigenvalue weighted by Crippen LogP contribution is 2.50. The van der Waals surface area contributed by atoms with Gasteiger partial charge in [-0.05, 0) is 26.2 Å². The molecule has 1 aliphatic heterocycles. The van der Waals surface area contributed by atoms with Gasteiger partial charge in [0, 0.05) is 29.6 Å². The summed E-state index contributed by atoms with van der Waals surface area (Å²) in [7, 11) is 0. The van der Waals surface area contributed by atoms with Crippen LogP contribution in [0.4, 0.5) is 0 Å². The van der Waals surface area contributed by atoms with E-state index in [1.807, 2.05) is 13.0 Å². The molecule has 114 valence electrons. The topological polar surface area (TPSA) is 86.5 Å². The summed E-state index contributed by atoms with van der Waals surface area (Å²) in [5.41, 5.74) is 0.912. The first-order chi connectivity index (χ1) is 9.90. The monoisotopic (exact) mass is 293 g/mol. The van der Waals surface area contributed by atoms with Crippen molar-refractivity contribution in [3.8, 4) is 0 Å². The summed E-state index contributed by atoms with van der Waals surface area (Å²) in [5.74, 6) is -0.971. The number of carbonyl (C=O) groups is 2. The summed E-state index contributed by atoms with van der Waals surface area (Å²) in [6, 6.07) is -0.591. The predicted molar refractivity (Wildman–Crippen MR) is 72.9 cm³/mol. The van der Waals surface area contributed by atoms with Crippen LogP contribution in [0.15, 0.2) is 11.6 Å². The molecule has 0 N–H and O–H groups in total. The molecule has 0 spiro atoms. The molecule has 1 unspecified atom stereocenters. The first-order valence-electron chi connectivity index (χ1n) is 7.45. The van der Waals surface area contributed by atoms with Crippen LogP contribution in [0.5, 0.6) is 0 Å². The van der Waals surface area contributed by atoms with Crippen LogP contribution in [-0.2, 0) is 14.3 Å². The van der Waals surface area contributed by atoms with Crippen LogP contribution in [0.1, 0.15) is 33.1 Å². The molecular weight excluding hydrogens is 274 g/mol. The Morgan fingerprint density at radius 2 is 2.14 bits per heavy atom. The predicted octanol–water partition coefficient (Wildman–Crippen LogP) is 1.75. The summed E-state index contributed by atoms with van der Waals surface area (Å²) >= 11 is 0. The molecule has 6 nitrogen and oxygen atoms in total. The Hall–Kier alpha value is -1.72. The quantitative estimate of drug-likeness (QED) is 0.335. The van der Waals surface area contributed by atoms with Crippen LogP contribution in [0.3, 0.4) is 0 Å². The standard InChI is InChI=1S/C15H19NO5/c1-7(17)13-11-4-3-10(16(19)20)5-9(11)6-12-14(13)8(2)21-15(12)18/h6,8,10-14H,3-5H2,1-2H3/t8-,10?,11-,12+,13+,14-/m1/s1. The van der Waals surface area contributed by atoms with Gasteiger partial charge in [0.25, 0.3) is 0 Å². The number of ketones is 1. The fraction of sp³-hybridized carbons (Fsp3) is 0.733. The number of hydrogen-bond donors (Lipinski definition) is 0. The Balaban J connectivity index is 1.98. The Kier molecular flexibility index (Phi) is 3.34. The van der Waals surface area contributed by atoms with Gasteiger partial charge < -0.3 is 4.74 Å². The average Bonchev–Trinajstić information content (AvgIpc) is 2.70. The number of nitro groups is 1. The van der Waals surface area contributed by atoms with Crippen LogP contribution in [-0.4, -0.2) is 28.8 Å². The molecule has 0 aromatic rings. The third kappa shape index (κ3) is 2.17. The fourth-order valence-electron chi connectivity index (χ4n) is 4.40. The van der Waals surface area contributed by atoms with Crippen LogP contribution >= 0.6 is 0 Å². The Bertz CT molecular complexity index is 540. The van der Waals surface area contributed by atoms with Gasteiger partial charge in [0.1, 0.15) is 11.9 Å². The molecule has 21 heavy (non-hydrogen) atoms. The zero-order valence-corrected chi connectivity index (χ0v) is 12.2. The molecule has 1 heterocycles. The number of nitrogens with zero attached hydrogens (tertiary/aromatic N) is 1. The van der Waals surface area contributed by atoms with Crippen molar-refractivity contribution in [2.24, 2.45) is 23.7 Å². The molecule has 2 aliphatic carbocycles. The maximum Gasteiger partial charge on any atom is 0.313 e. The van der Waals surface area contributed by atoms with E-state index >= 15 is 0 Å². The first-order valence-corrected chi connectivity index (χ1v) is 7.45. The number of rotatable bonds is 2. The number of hydrogen-bond acceptors (Lipinski definition) is 5. The van der Waals surface area contributed by atoms with Crippen LogP contribution in [0, 0.1) is 33.8 Å². The van der Waals surface area contributed by atoms with Gasteiger partial charge in [-0.2, -0.15) is 0 Å². The molecule has 2 fully saturated rings. The van der Waals surface area contributed by atoms with Gasteiger partial charge in [-0.15, -0.1) is 0 Å². The summed E-state index contributed by atoms with van der Waals surface area (Å²) in [5, 5.41) is 11.0. The minimum absolute atomic E-state index is 0.0388. The highest BCUT2D eigenvalue weighted by atomic mass is 16.6. The van der Waals surface area contributed by atoms with E-state index in [9.17, 15) is 19.7 Å². The van der Waals surface area contributed by atoms with Gasteiger partial charge in [-0.3, -0.25) is 19.7 Å². The first kappa shape index (κ1) is 14.2. The number of fused-ring (bicyclic) bond motifs is 2. The molecule has 1 saturated heterocycles. The van der Waals surface area contributed by atoms with E-state index in [1.165, 1.54) is 0 Å². The molecule has 6 heteroatoms. The van der Waals surface area contributed by atoms with Gasteiger partial charge >= 0.3 is 5.97 Å². The van der Waals surface area contributed by atoms with Gasteiger partial charge in [-0.1, -0.05) is 11.6 Å². The molecule has 3 rings (SSSR count). The highest BCUT2D eigenvalue weighted by Gasteiger charge is 2.54. The van der Waals surface area contributed by atoms with Crippen molar-refractivity contribution < 1.29 is 19.2 Å². The maximum atomic E-state index is 12.1. The van der Waals surface area contributed by atoms with E-state index in [0.717, 1.165) is 5.57 Å². The molecule has 0 bridgehead atoms. The molecule has 0 amide bonds. The van der Waals surface area contributed by atoms with Gasteiger partial charge in [0.15, 0.2) is 0 Å². The lowest BCUT2D eigenvalue weighted by Crippen LogP contribution is -2.43. The maximum absolute atomic E-state index is 12.1. The van der Waals surface area contributed by atoms with E-state index in [1.54, 1.807) is 6.92 Å². The van der Waals surface area contributed by atoms with Crippen molar-refractivity contribution in [2.75, 3.05) is 0 Å². The highest BCUT2D eigenvalue weighted by molar-refractivity contribution is 5.84. The second kappa shape index (κ2) is 4.93. The second-order valence-electron chi connectivity index (χ2n) is 6.45. The largest absolute Gasteiger partial charge is 0.462 e. The van der Waals surface area contributed by atoms with Crippen molar-refractivity contribution in [1.82, 2.24) is 0 Å². The Labute approximate surface area is 122 Å². The number of Topliss-reactive ketones (excluding diaryl/α,β-unsaturated/α-hetero) is 1. The van der Waals surface area contributed by atoms with Crippen molar-refractivity contribution in [2.45, 2.75) is 45.3 Å². The Morgan fingerprint density at radius 1 is 1.43 bits per heavy atom. The van der Waals surface area contributed by atoms with Crippen molar-refractivity contribution in [1.29, 1.82) is 0 Å². The van der Waals surface area contributed by atoms with Crippen LogP contribution in [0.25, 0.3) is 0 Å². The minimum atomic E-state index is -0.591. The van der Waals surface area contributed by atoms with Crippen molar-refractivity contribution in [3.63, 3.8) is 0 Å². The van der Waals surface area contributed by atoms with Crippen molar-refractivity contribution in [3.05, 3.63) is 21.8 Å². The second-order valence-corrected chi connectivity index (χ2v) is 6.45. The van der Waals surface area contributed by atoms with E-state index in [0.29, 0.717) is 19.3 Å². The molecule has 0 radical (unpaired) electrons. The minimum Gasteiger partial charge on any atom is -0.462 e. The Morgan fingerprint density at radius 3 is 2.76 bits per heavy atom. The van der Waals surface area contributed by atoms with Gasteiger partial charge in [0.05, 0.1) is 5.92 Å². The van der Waals surface area contributed by atoms with E-state index in [4.69, 9.17) is 4.74 Å². The van der Waals surface area contributed by atoms with Gasteiger partial charge in [-0.25, -0.2) is 0 Å². The molecule has 0 aromatic carbocycles. The number of cyclic esters (lactones) is 1. The normalized spacial score (nSPS) is 41.6. The lowest BCUT2D eigenvalue weighted by Gasteiger charge is -2.40. The molecular formula is C15H19NO5. The van der Waals surface area contributed by atoms with E-state index in [-0.39, 0.29) is 40.5 Å². The number of ether oxygens (including phenoxy) is 1. The zero-order chi connectivity index (χ0) is 15.3. The molecule has 0 aromatic heterocycles. The lowest BCUT2D eigenvalue weighted by atomic mass is 9.61. The molecule has 1 saturated carbocycles. The SMILES string of the molecule is CC(=O)[C@@H]1[C@H]2[C@H](C=C3CC([N+](=O)[O-])CC[C@H]31)C(=O)O[C@@H]2C. The summed E-state index contributed by atoms with van der Waals surface area (Å²) in [6.45, 7) is 3.39. The van der Waals surface area contributed by atoms with Crippen LogP contribution in [0.2, 0.25) is 0 Å². The summed E-state index contributed by atoms with van der Waals surface area (Å²) < 4.78 is 5.30. The summed E-state index contributed by atoms with van der Waals surface area (Å²) in [4.78, 5) is 34.9. The average molecular weight is 293 g/mol. The van der Waals surface area contributed by atoms with Gasteiger partial charge in [0.2, 0.25) is 6.04 Å². The smallest absolute Gasteiger partial charge is 0.313 e. The van der Waals surface area contributed by atoms with E-state index in [2.05, 4.69) is 0 Å². The van der Waals surface area contributed by atoms with Crippen molar-refractivity contribution >= 4 is 11.8 Å². The molecule has 3 aliphatic rings. The number of carbonyl (C=O) groups excluding carboxylic acids is 2. The zero-order valence-electron chi connectivity index (χ0n) is 12.2. The third-order valence-electron chi connectivity index (χ3n) is 5.30. The third-order valence-corrected chi connectivity index (χ3v) is 5.30.